The molecule has 0 atom stereocenters. The second kappa shape index (κ2) is 8.28. The minimum Gasteiger partial charge on any atom is -0.452 e. The zero-order chi connectivity index (χ0) is 19.3. The van der Waals surface area contributed by atoms with Gasteiger partial charge in [0.1, 0.15) is 0 Å². The van der Waals surface area contributed by atoms with Crippen LogP contribution < -0.4 is 11.1 Å². The summed E-state index contributed by atoms with van der Waals surface area (Å²) in [6.07, 6.45) is 1.63. The summed E-state index contributed by atoms with van der Waals surface area (Å²) in [4.78, 5) is 33.6. The topological polar surface area (TPSA) is 136 Å². The van der Waals surface area contributed by atoms with Crippen molar-refractivity contribution in [2.24, 2.45) is 11.7 Å². The molecule has 1 saturated heterocycles. The van der Waals surface area contributed by atoms with Crippen LogP contribution in [0.5, 0.6) is 0 Å². The number of amides is 3. The van der Waals surface area contributed by atoms with Crippen molar-refractivity contribution < 1.29 is 27.5 Å². The molecule has 3 amide bonds. The third kappa shape index (κ3) is 5.02. The summed E-state index contributed by atoms with van der Waals surface area (Å²) in [5.74, 6) is -1.17. The summed E-state index contributed by atoms with van der Waals surface area (Å²) < 4.78 is 31.4. The highest BCUT2D eigenvalue weighted by Gasteiger charge is 2.28. The lowest BCUT2D eigenvalue weighted by atomic mass is 10.0. The quantitative estimate of drug-likeness (QED) is 0.709. The molecule has 9 nitrogen and oxygen atoms in total. The third-order valence-electron chi connectivity index (χ3n) is 4.07. The summed E-state index contributed by atoms with van der Waals surface area (Å²) in [5.41, 5.74) is 4.85. The lowest BCUT2D eigenvalue weighted by Crippen LogP contribution is -2.38. The maximum absolute atomic E-state index is 12.6. The molecule has 1 aliphatic rings. The van der Waals surface area contributed by atoms with E-state index < -0.39 is 34.5 Å². The van der Waals surface area contributed by atoms with Crippen molar-refractivity contribution in [3.8, 4) is 0 Å². The molecule has 0 aromatic heterocycles. The van der Waals surface area contributed by atoms with Crippen LogP contribution in [0.2, 0.25) is 0 Å². The average molecular weight is 383 g/mol. The molecule has 1 aromatic carbocycles. The number of ether oxygens (including phenoxy) is 1. The van der Waals surface area contributed by atoms with Crippen LogP contribution in [0.3, 0.4) is 0 Å². The molecule has 0 radical (unpaired) electrons. The predicted octanol–water partition coefficient (Wildman–Crippen LogP) is 0.459. The van der Waals surface area contributed by atoms with Crippen LogP contribution in [0, 0.1) is 5.92 Å². The van der Waals surface area contributed by atoms with Crippen molar-refractivity contribution in [2.75, 3.05) is 19.7 Å². The van der Waals surface area contributed by atoms with Gasteiger partial charge in [-0.3, -0.25) is 10.1 Å². The van der Waals surface area contributed by atoms with Gasteiger partial charge in [-0.15, -0.1) is 0 Å². The zero-order valence-electron chi connectivity index (χ0n) is 14.3. The first kappa shape index (κ1) is 19.9. The second-order valence-corrected chi connectivity index (χ2v) is 8.04. The van der Waals surface area contributed by atoms with Crippen LogP contribution in [-0.2, 0) is 19.6 Å². The van der Waals surface area contributed by atoms with Crippen LogP contribution in [0.15, 0.2) is 29.2 Å². The number of urea groups is 1. The molecule has 142 valence electrons. The number of nitrogens with zero attached hydrogens (tertiary/aromatic N) is 1. The second-order valence-electron chi connectivity index (χ2n) is 6.10. The van der Waals surface area contributed by atoms with E-state index in [1.54, 1.807) is 5.32 Å². The van der Waals surface area contributed by atoms with E-state index >= 15 is 0 Å². The number of nitrogens with two attached hydrogens (primary N) is 1. The maximum atomic E-state index is 12.6. The van der Waals surface area contributed by atoms with Crippen molar-refractivity contribution in [3.05, 3.63) is 29.8 Å². The van der Waals surface area contributed by atoms with E-state index in [4.69, 9.17) is 10.5 Å². The Labute approximate surface area is 151 Å². The molecule has 3 N–H and O–H groups in total. The van der Waals surface area contributed by atoms with Gasteiger partial charge >= 0.3 is 12.0 Å². The van der Waals surface area contributed by atoms with E-state index in [2.05, 4.69) is 6.92 Å². The van der Waals surface area contributed by atoms with Gasteiger partial charge in [0.05, 0.1) is 10.5 Å². The van der Waals surface area contributed by atoms with Crippen molar-refractivity contribution >= 4 is 27.9 Å². The van der Waals surface area contributed by atoms with Gasteiger partial charge in [0.2, 0.25) is 10.0 Å². The number of hydrogen-bond donors (Lipinski definition) is 2. The van der Waals surface area contributed by atoms with Gasteiger partial charge in [0.15, 0.2) is 6.61 Å². The number of carbonyl (C=O) groups is 3. The molecule has 1 aliphatic heterocycles. The Hall–Kier alpha value is -2.46. The van der Waals surface area contributed by atoms with E-state index in [-0.39, 0.29) is 10.5 Å². The Morgan fingerprint density at radius 1 is 1.19 bits per heavy atom. The van der Waals surface area contributed by atoms with Crippen LogP contribution in [0.4, 0.5) is 4.79 Å². The Kier molecular flexibility index (Phi) is 6.32. The Morgan fingerprint density at radius 3 is 2.31 bits per heavy atom. The number of sulfonamides is 1. The zero-order valence-corrected chi connectivity index (χ0v) is 15.1. The number of hydrogen-bond acceptors (Lipinski definition) is 6. The van der Waals surface area contributed by atoms with E-state index in [0.29, 0.717) is 19.0 Å². The minimum absolute atomic E-state index is 0.0862. The molecule has 26 heavy (non-hydrogen) atoms. The SMILES string of the molecule is CC1CCN(S(=O)(=O)c2ccc(C(=O)OCC(=O)NC(N)=O)cc2)CC1. The van der Waals surface area contributed by atoms with Crippen molar-refractivity contribution in [3.63, 3.8) is 0 Å². The minimum atomic E-state index is -3.60. The number of nitrogens with one attached hydrogen (secondary N) is 1. The van der Waals surface area contributed by atoms with Crippen molar-refractivity contribution in [1.82, 2.24) is 9.62 Å². The first-order chi connectivity index (χ1) is 12.2. The van der Waals surface area contributed by atoms with Crippen LogP contribution in [-0.4, -0.2) is 50.3 Å². The van der Waals surface area contributed by atoms with Gasteiger partial charge in [-0.25, -0.2) is 18.0 Å². The number of benzene rings is 1. The Balaban J connectivity index is 2.00. The molecule has 0 bridgehead atoms. The van der Waals surface area contributed by atoms with E-state index in [1.165, 1.54) is 28.6 Å². The Bertz CT molecular complexity index is 783. The molecule has 2 rings (SSSR count). The number of carbonyl (C=O) groups excluding carboxylic acids is 3. The number of rotatable bonds is 5. The van der Waals surface area contributed by atoms with Crippen molar-refractivity contribution in [1.29, 1.82) is 0 Å². The van der Waals surface area contributed by atoms with Gasteiger partial charge in [-0.2, -0.15) is 4.31 Å². The number of primary amides is 1. The van der Waals surface area contributed by atoms with Crippen LogP contribution in [0.25, 0.3) is 0 Å². The molecule has 10 heteroatoms. The standard InChI is InChI=1S/C16H21N3O6S/c1-11-6-8-19(9-7-11)26(23,24)13-4-2-12(3-5-13)15(21)25-10-14(20)18-16(17)22/h2-5,11H,6-10H2,1H3,(H3,17,18,20,22). The molecular weight excluding hydrogens is 362 g/mol. The molecule has 0 aliphatic carbocycles. The summed E-state index contributed by atoms with van der Waals surface area (Å²) in [6.45, 7) is 2.37. The van der Waals surface area contributed by atoms with Gasteiger partial charge in [-0.05, 0) is 43.0 Å². The molecule has 1 heterocycles. The first-order valence-corrected chi connectivity index (χ1v) is 9.51. The van der Waals surface area contributed by atoms with Crippen LogP contribution >= 0.6 is 0 Å². The largest absolute Gasteiger partial charge is 0.452 e. The molecule has 0 spiro atoms. The van der Waals surface area contributed by atoms with Crippen LogP contribution in [0.1, 0.15) is 30.1 Å². The fraction of sp³-hybridized carbons (Fsp3) is 0.438. The maximum Gasteiger partial charge on any atom is 0.338 e. The van der Waals surface area contributed by atoms with Gasteiger partial charge in [0, 0.05) is 13.1 Å². The number of piperidine rings is 1. The molecule has 0 unspecified atom stereocenters. The Morgan fingerprint density at radius 2 is 1.77 bits per heavy atom. The molecule has 1 fully saturated rings. The summed E-state index contributed by atoms with van der Waals surface area (Å²) in [5, 5.41) is 1.76. The molecule has 0 saturated carbocycles. The lowest BCUT2D eigenvalue weighted by Gasteiger charge is -2.29. The van der Waals surface area contributed by atoms with Crippen molar-refractivity contribution in [2.45, 2.75) is 24.7 Å². The van der Waals surface area contributed by atoms with E-state index in [1.807, 2.05) is 0 Å². The lowest BCUT2D eigenvalue weighted by molar-refractivity contribution is -0.123. The fourth-order valence-corrected chi connectivity index (χ4v) is 3.99. The molecule has 1 aromatic rings. The highest BCUT2D eigenvalue weighted by molar-refractivity contribution is 7.89. The summed E-state index contributed by atoms with van der Waals surface area (Å²) in [7, 11) is -3.60. The number of imide groups is 1. The van der Waals surface area contributed by atoms with Gasteiger partial charge < -0.3 is 10.5 Å². The predicted molar refractivity (Wildman–Crippen MR) is 91.6 cm³/mol. The average Bonchev–Trinajstić information content (AvgIpc) is 2.59. The summed E-state index contributed by atoms with van der Waals surface area (Å²) >= 11 is 0. The fourth-order valence-electron chi connectivity index (χ4n) is 2.53. The molecular formula is C16H21N3O6S. The normalized spacial score (nSPS) is 16.0. The van der Waals surface area contributed by atoms with Gasteiger partial charge in [0.25, 0.3) is 5.91 Å². The smallest absolute Gasteiger partial charge is 0.338 e. The van der Waals surface area contributed by atoms with Gasteiger partial charge in [-0.1, -0.05) is 6.92 Å². The monoisotopic (exact) mass is 383 g/mol. The third-order valence-corrected chi connectivity index (χ3v) is 5.98. The first-order valence-electron chi connectivity index (χ1n) is 8.07. The highest BCUT2D eigenvalue weighted by atomic mass is 32.2. The van der Waals surface area contributed by atoms with E-state index in [9.17, 15) is 22.8 Å². The summed E-state index contributed by atoms with van der Waals surface area (Å²) in [6, 6.07) is 4.23. The van der Waals surface area contributed by atoms with E-state index in [0.717, 1.165) is 12.8 Å². The highest BCUT2D eigenvalue weighted by Crippen LogP contribution is 2.23. The number of esters is 1.